The molecular formula is C21H23N5O4S. The second-order valence-corrected chi connectivity index (χ2v) is 9.07. The smallest absolute Gasteiger partial charge is 0.251 e. The topological polar surface area (TPSA) is 106 Å². The Labute approximate surface area is 180 Å². The minimum Gasteiger partial charge on any atom is -0.379 e. The fraction of sp³-hybridized carbons (Fsp3) is 0.286. The molecule has 1 fully saturated rings. The summed E-state index contributed by atoms with van der Waals surface area (Å²) in [6.07, 6.45) is 3.02. The minimum atomic E-state index is -3.45. The maximum absolute atomic E-state index is 12.8. The number of nitrogens with one attached hydrogen (secondary N) is 1. The summed E-state index contributed by atoms with van der Waals surface area (Å²) in [7, 11) is -3.45. The third-order valence-electron chi connectivity index (χ3n) is 5.07. The largest absolute Gasteiger partial charge is 0.379 e. The molecule has 1 aliphatic heterocycles. The normalized spacial score (nSPS) is 15.0. The lowest BCUT2D eigenvalue weighted by atomic mass is 10.1. The van der Waals surface area contributed by atoms with Gasteiger partial charge >= 0.3 is 0 Å². The molecule has 9 nitrogen and oxygen atoms in total. The Hall–Kier alpha value is -3.08. The predicted molar refractivity (Wildman–Crippen MR) is 114 cm³/mol. The maximum Gasteiger partial charge on any atom is 0.251 e. The molecule has 0 unspecified atom stereocenters. The first-order valence-corrected chi connectivity index (χ1v) is 11.5. The number of rotatable bonds is 7. The highest BCUT2D eigenvalue weighted by molar-refractivity contribution is 7.88. The van der Waals surface area contributed by atoms with Crippen LogP contribution in [0.1, 0.15) is 21.5 Å². The van der Waals surface area contributed by atoms with Gasteiger partial charge in [0.05, 0.1) is 24.7 Å². The number of nitrogens with zero attached hydrogens (tertiary/aromatic N) is 4. The van der Waals surface area contributed by atoms with Crippen molar-refractivity contribution in [2.24, 2.45) is 0 Å². The predicted octanol–water partition coefficient (Wildman–Crippen LogP) is 1.36. The standard InChI is InChI=1S/C21H23N5O4S/c27-21(17-5-7-20(8-6-17)26-16-22-15-24-26)23-13-18-3-1-2-4-19(18)14-31(28,29)25-9-11-30-12-10-25/h1-8,15-16H,9-14H2,(H,23,27). The lowest BCUT2D eigenvalue weighted by Crippen LogP contribution is -2.41. The second kappa shape index (κ2) is 9.38. The van der Waals surface area contributed by atoms with E-state index in [0.717, 1.165) is 11.3 Å². The summed E-state index contributed by atoms with van der Waals surface area (Å²) in [5, 5.41) is 6.93. The fourth-order valence-electron chi connectivity index (χ4n) is 3.37. The Bertz CT molecular complexity index is 1120. The van der Waals surface area contributed by atoms with Crippen LogP contribution in [0.25, 0.3) is 5.69 Å². The van der Waals surface area contributed by atoms with Gasteiger partial charge in [0, 0.05) is 25.2 Å². The molecule has 10 heteroatoms. The van der Waals surface area contributed by atoms with E-state index in [-0.39, 0.29) is 18.2 Å². The summed E-state index contributed by atoms with van der Waals surface area (Å²) in [5.74, 6) is -0.345. The van der Waals surface area contributed by atoms with Crippen LogP contribution in [0.4, 0.5) is 0 Å². The molecule has 162 valence electrons. The van der Waals surface area contributed by atoms with Gasteiger partial charge < -0.3 is 10.1 Å². The number of sulfonamides is 1. The van der Waals surface area contributed by atoms with E-state index < -0.39 is 10.0 Å². The van der Waals surface area contributed by atoms with Gasteiger partial charge in [0.2, 0.25) is 10.0 Å². The van der Waals surface area contributed by atoms with E-state index in [0.29, 0.717) is 37.4 Å². The molecule has 2 aromatic carbocycles. The zero-order valence-electron chi connectivity index (χ0n) is 16.8. The van der Waals surface area contributed by atoms with Crippen molar-refractivity contribution >= 4 is 15.9 Å². The molecule has 1 N–H and O–H groups in total. The summed E-state index contributed by atoms with van der Waals surface area (Å²) in [4.78, 5) is 16.5. The Balaban J connectivity index is 1.41. The number of carbonyl (C=O) groups excluding carboxylic acids is 1. The van der Waals surface area contributed by atoms with Crippen LogP contribution < -0.4 is 5.32 Å². The van der Waals surface area contributed by atoms with Gasteiger partial charge in [-0.3, -0.25) is 4.79 Å². The first-order chi connectivity index (χ1) is 15.0. The number of morpholine rings is 1. The van der Waals surface area contributed by atoms with E-state index in [1.54, 1.807) is 47.4 Å². The molecule has 31 heavy (non-hydrogen) atoms. The van der Waals surface area contributed by atoms with Crippen LogP contribution in [0, 0.1) is 0 Å². The molecule has 0 aliphatic carbocycles. The Morgan fingerprint density at radius 2 is 1.74 bits per heavy atom. The van der Waals surface area contributed by atoms with Crippen LogP contribution >= 0.6 is 0 Å². The first-order valence-electron chi connectivity index (χ1n) is 9.88. The molecule has 1 aliphatic rings. The number of hydrogen-bond acceptors (Lipinski definition) is 6. The van der Waals surface area contributed by atoms with Gasteiger partial charge in [0.15, 0.2) is 0 Å². The molecule has 1 amide bonds. The van der Waals surface area contributed by atoms with Crippen LogP contribution in [-0.2, 0) is 27.1 Å². The van der Waals surface area contributed by atoms with Crippen LogP contribution in [0.15, 0.2) is 61.2 Å². The van der Waals surface area contributed by atoms with Gasteiger partial charge in [-0.05, 0) is 35.4 Å². The molecule has 0 spiro atoms. The first kappa shape index (κ1) is 21.2. The van der Waals surface area contributed by atoms with Crippen LogP contribution in [-0.4, -0.2) is 59.7 Å². The third kappa shape index (κ3) is 5.16. The lowest BCUT2D eigenvalue weighted by Gasteiger charge is -2.26. The van der Waals surface area contributed by atoms with E-state index in [4.69, 9.17) is 4.74 Å². The summed E-state index contributed by atoms with van der Waals surface area (Å²) >= 11 is 0. The molecule has 0 saturated carbocycles. The van der Waals surface area contributed by atoms with Gasteiger partial charge in [-0.2, -0.15) is 9.40 Å². The Morgan fingerprint density at radius 3 is 2.42 bits per heavy atom. The molecular weight excluding hydrogens is 418 g/mol. The quantitative estimate of drug-likeness (QED) is 0.593. The van der Waals surface area contributed by atoms with Crippen LogP contribution in [0.5, 0.6) is 0 Å². The van der Waals surface area contributed by atoms with Gasteiger partial charge in [0.1, 0.15) is 12.7 Å². The van der Waals surface area contributed by atoms with Crippen molar-refractivity contribution in [1.29, 1.82) is 0 Å². The number of benzene rings is 2. The number of amides is 1. The summed E-state index contributed by atoms with van der Waals surface area (Å²) < 4.78 is 33.8. The highest BCUT2D eigenvalue weighted by Gasteiger charge is 2.25. The zero-order valence-corrected chi connectivity index (χ0v) is 17.7. The highest BCUT2D eigenvalue weighted by Crippen LogP contribution is 2.17. The average molecular weight is 442 g/mol. The fourth-order valence-corrected chi connectivity index (χ4v) is 4.93. The van der Waals surface area contributed by atoms with Crippen molar-refractivity contribution in [2.75, 3.05) is 26.3 Å². The number of ether oxygens (including phenoxy) is 1. The van der Waals surface area contributed by atoms with E-state index >= 15 is 0 Å². The van der Waals surface area contributed by atoms with E-state index in [9.17, 15) is 13.2 Å². The monoisotopic (exact) mass is 441 g/mol. The van der Waals surface area contributed by atoms with E-state index in [1.807, 2.05) is 12.1 Å². The summed E-state index contributed by atoms with van der Waals surface area (Å²) in [6, 6.07) is 14.2. The SMILES string of the molecule is O=C(NCc1ccccc1CS(=O)(=O)N1CCOCC1)c1ccc(-n2cncn2)cc1. The minimum absolute atomic E-state index is 0.106. The van der Waals surface area contributed by atoms with Crippen molar-refractivity contribution in [3.63, 3.8) is 0 Å². The Kier molecular flexibility index (Phi) is 6.40. The van der Waals surface area contributed by atoms with Crippen LogP contribution in [0.3, 0.4) is 0 Å². The van der Waals surface area contributed by atoms with Crippen molar-refractivity contribution in [3.05, 3.63) is 77.9 Å². The van der Waals surface area contributed by atoms with Gasteiger partial charge in [-0.15, -0.1) is 0 Å². The number of carbonyl (C=O) groups is 1. The van der Waals surface area contributed by atoms with Gasteiger partial charge in [-0.1, -0.05) is 24.3 Å². The van der Waals surface area contributed by atoms with Gasteiger partial charge in [-0.25, -0.2) is 18.1 Å². The third-order valence-corrected chi connectivity index (χ3v) is 6.90. The molecule has 1 aromatic heterocycles. The molecule has 4 rings (SSSR count). The van der Waals surface area contributed by atoms with Crippen molar-refractivity contribution in [1.82, 2.24) is 24.4 Å². The Morgan fingerprint density at radius 1 is 1.03 bits per heavy atom. The highest BCUT2D eigenvalue weighted by atomic mass is 32.2. The van der Waals surface area contributed by atoms with Gasteiger partial charge in [0.25, 0.3) is 5.91 Å². The molecule has 3 aromatic rings. The number of hydrogen-bond donors (Lipinski definition) is 1. The van der Waals surface area contributed by atoms with Crippen molar-refractivity contribution < 1.29 is 17.9 Å². The van der Waals surface area contributed by atoms with Crippen molar-refractivity contribution in [2.45, 2.75) is 12.3 Å². The molecule has 0 radical (unpaired) electrons. The van der Waals surface area contributed by atoms with Crippen LogP contribution in [0.2, 0.25) is 0 Å². The molecule has 0 bridgehead atoms. The van der Waals surface area contributed by atoms with E-state index in [2.05, 4.69) is 15.4 Å². The van der Waals surface area contributed by atoms with E-state index in [1.165, 1.54) is 10.6 Å². The zero-order chi connectivity index (χ0) is 21.7. The second-order valence-electron chi connectivity index (χ2n) is 7.11. The molecule has 2 heterocycles. The summed E-state index contributed by atoms with van der Waals surface area (Å²) in [6.45, 7) is 1.79. The summed E-state index contributed by atoms with van der Waals surface area (Å²) in [5.41, 5.74) is 2.75. The molecule has 1 saturated heterocycles. The van der Waals surface area contributed by atoms with Crippen molar-refractivity contribution in [3.8, 4) is 5.69 Å². The maximum atomic E-state index is 12.8. The lowest BCUT2D eigenvalue weighted by molar-refractivity contribution is 0.0729. The number of aromatic nitrogens is 3. The average Bonchev–Trinajstić information content (AvgIpc) is 3.34. The molecule has 0 atom stereocenters.